The minimum atomic E-state index is -0.0727. The van der Waals surface area contributed by atoms with Gasteiger partial charge in [0, 0.05) is 44.5 Å². The molecule has 0 spiro atoms. The van der Waals surface area contributed by atoms with Gasteiger partial charge in [-0.2, -0.15) is 0 Å². The average Bonchev–Trinajstić information content (AvgIpc) is 2.68. The molecule has 1 amide bonds. The van der Waals surface area contributed by atoms with Crippen LogP contribution in [0.15, 0.2) is 53.3 Å². The molecule has 1 fully saturated rings. The third-order valence-corrected chi connectivity index (χ3v) is 5.03. The molecule has 0 aliphatic carbocycles. The summed E-state index contributed by atoms with van der Waals surface area (Å²) in [5.74, 6) is 0.00342. The van der Waals surface area contributed by atoms with Gasteiger partial charge in [-0.15, -0.1) is 0 Å². The molecule has 0 unspecified atom stereocenters. The molecular formula is C22H29N3O3. The Hall–Kier alpha value is -2.44. The van der Waals surface area contributed by atoms with E-state index in [1.54, 1.807) is 16.7 Å². The van der Waals surface area contributed by atoms with E-state index in [0.717, 1.165) is 31.7 Å². The van der Waals surface area contributed by atoms with Crippen LogP contribution in [0.1, 0.15) is 24.1 Å². The zero-order valence-corrected chi connectivity index (χ0v) is 16.5. The highest BCUT2D eigenvalue weighted by Crippen LogP contribution is 2.12. The zero-order valence-electron chi connectivity index (χ0n) is 16.5. The predicted molar refractivity (Wildman–Crippen MR) is 109 cm³/mol. The minimum absolute atomic E-state index is 0.000407. The van der Waals surface area contributed by atoms with E-state index in [1.165, 1.54) is 5.56 Å². The van der Waals surface area contributed by atoms with Gasteiger partial charge in [-0.25, -0.2) is 0 Å². The number of ether oxygens (including phenoxy) is 1. The van der Waals surface area contributed by atoms with Gasteiger partial charge in [0.25, 0.3) is 5.56 Å². The van der Waals surface area contributed by atoms with Crippen molar-refractivity contribution < 1.29 is 9.53 Å². The van der Waals surface area contributed by atoms with E-state index >= 15 is 0 Å². The van der Waals surface area contributed by atoms with Gasteiger partial charge in [0.2, 0.25) is 5.91 Å². The van der Waals surface area contributed by atoms with Gasteiger partial charge in [0.05, 0.1) is 19.1 Å². The van der Waals surface area contributed by atoms with E-state index in [1.807, 2.05) is 31.2 Å². The van der Waals surface area contributed by atoms with E-state index < -0.39 is 0 Å². The number of aromatic nitrogens is 1. The second kappa shape index (κ2) is 10.2. The Morgan fingerprint density at radius 2 is 2.00 bits per heavy atom. The van der Waals surface area contributed by atoms with Crippen molar-refractivity contribution in [1.29, 1.82) is 0 Å². The van der Waals surface area contributed by atoms with Crippen molar-refractivity contribution in [2.75, 3.05) is 26.2 Å². The Kier molecular flexibility index (Phi) is 7.39. The summed E-state index contributed by atoms with van der Waals surface area (Å²) < 4.78 is 7.51. The summed E-state index contributed by atoms with van der Waals surface area (Å²) in [7, 11) is 0. The summed E-state index contributed by atoms with van der Waals surface area (Å²) in [6.45, 7) is 6.27. The molecule has 6 nitrogen and oxygen atoms in total. The first-order chi connectivity index (χ1) is 13.6. The molecule has 1 N–H and O–H groups in total. The van der Waals surface area contributed by atoms with Crippen molar-refractivity contribution in [3.63, 3.8) is 0 Å². The first kappa shape index (κ1) is 20.3. The number of nitrogens with one attached hydrogen (secondary N) is 1. The highest BCUT2D eigenvalue weighted by molar-refractivity contribution is 5.76. The van der Waals surface area contributed by atoms with Gasteiger partial charge in [0.1, 0.15) is 0 Å². The number of hydrogen-bond donors (Lipinski definition) is 1. The van der Waals surface area contributed by atoms with Gasteiger partial charge < -0.3 is 14.6 Å². The van der Waals surface area contributed by atoms with Crippen molar-refractivity contribution >= 4 is 5.91 Å². The van der Waals surface area contributed by atoms with Gasteiger partial charge in [-0.3, -0.25) is 14.5 Å². The van der Waals surface area contributed by atoms with Crippen LogP contribution in [0.4, 0.5) is 0 Å². The van der Waals surface area contributed by atoms with Crippen molar-refractivity contribution in [3.8, 4) is 0 Å². The third-order valence-electron chi connectivity index (χ3n) is 5.03. The smallest absolute Gasteiger partial charge is 0.250 e. The van der Waals surface area contributed by atoms with Crippen LogP contribution in [0.25, 0.3) is 0 Å². The van der Waals surface area contributed by atoms with Crippen LogP contribution in [0.3, 0.4) is 0 Å². The first-order valence-corrected chi connectivity index (χ1v) is 9.93. The fourth-order valence-electron chi connectivity index (χ4n) is 3.54. The molecule has 3 rings (SSSR count). The van der Waals surface area contributed by atoms with Crippen LogP contribution >= 0.6 is 0 Å². The molecule has 1 aliphatic heterocycles. The highest BCUT2D eigenvalue weighted by atomic mass is 16.5. The molecule has 1 aromatic carbocycles. The Morgan fingerprint density at radius 1 is 1.18 bits per heavy atom. The van der Waals surface area contributed by atoms with Gasteiger partial charge in [0.15, 0.2) is 0 Å². The van der Waals surface area contributed by atoms with Crippen molar-refractivity contribution in [2.24, 2.45) is 0 Å². The Balaban J connectivity index is 1.38. The number of aryl methyl sites for hydroxylation is 1. The summed E-state index contributed by atoms with van der Waals surface area (Å²) in [6, 6.07) is 15.6. The van der Waals surface area contributed by atoms with E-state index in [9.17, 15) is 9.59 Å². The molecule has 28 heavy (non-hydrogen) atoms. The molecule has 1 saturated heterocycles. The van der Waals surface area contributed by atoms with Crippen LogP contribution in [0, 0.1) is 6.92 Å². The Morgan fingerprint density at radius 3 is 2.79 bits per heavy atom. The zero-order chi connectivity index (χ0) is 19.8. The average molecular weight is 383 g/mol. The Bertz CT molecular complexity index is 819. The number of amides is 1. The van der Waals surface area contributed by atoms with E-state index in [0.29, 0.717) is 26.1 Å². The van der Waals surface area contributed by atoms with Gasteiger partial charge in [-0.1, -0.05) is 36.4 Å². The summed E-state index contributed by atoms with van der Waals surface area (Å²) in [5, 5.41) is 2.95. The summed E-state index contributed by atoms with van der Waals surface area (Å²) in [4.78, 5) is 26.4. The normalized spacial score (nSPS) is 17.4. The molecule has 1 atom stereocenters. The number of morpholine rings is 1. The number of carbonyl (C=O) groups is 1. The van der Waals surface area contributed by atoms with Crippen LogP contribution in [-0.2, 0) is 22.6 Å². The van der Waals surface area contributed by atoms with Crippen molar-refractivity contribution in [2.45, 2.75) is 39.0 Å². The monoisotopic (exact) mass is 383 g/mol. The molecule has 6 heteroatoms. The molecule has 0 saturated carbocycles. The van der Waals surface area contributed by atoms with E-state index in [4.69, 9.17) is 4.74 Å². The maximum absolute atomic E-state index is 12.2. The third kappa shape index (κ3) is 6.04. The lowest BCUT2D eigenvalue weighted by Crippen LogP contribution is -2.44. The predicted octanol–water partition coefficient (Wildman–Crippen LogP) is 1.95. The van der Waals surface area contributed by atoms with E-state index in [-0.39, 0.29) is 17.6 Å². The van der Waals surface area contributed by atoms with Crippen LogP contribution in [0.5, 0.6) is 0 Å². The molecule has 2 heterocycles. The van der Waals surface area contributed by atoms with E-state index in [2.05, 4.69) is 22.3 Å². The maximum Gasteiger partial charge on any atom is 0.250 e. The number of rotatable bonds is 8. The largest absolute Gasteiger partial charge is 0.375 e. The molecule has 0 bridgehead atoms. The SMILES string of the molecule is Cc1cccc(=O)n1CCCNC(=O)C[C@H]1CN(Cc2ccccc2)CCO1. The van der Waals surface area contributed by atoms with Crippen LogP contribution < -0.4 is 10.9 Å². The Labute approximate surface area is 166 Å². The lowest BCUT2D eigenvalue weighted by atomic mass is 10.1. The summed E-state index contributed by atoms with van der Waals surface area (Å²) >= 11 is 0. The fourth-order valence-corrected chi connectivity index (χ4v) is 3.54. The number of nitrogens with zero attached hydrogens (tertiary/aromatic N) is 2. The second-order valence-electron chi connectivity index (χ2n) is 7.28. The fraction of sp³-hybridized carbons (Fsp3) is 0.455. The van der Waals surface area contributed by atoms with Gasteiger partial charge >= 0.3 is 0 Å². The number of benzene rings is 1. The molecule has 1 aromatic heterocycles. The van der Waals surface area contributed by atoms with Crippen molar-refractivity contribution in [3.05, 3.63) is 70.1 Å². The lowest BCUT2D eigenvalue weighted by Gasteiger charge is -2.32. The number of hydrogen-bond acceptors (Lipinski definition) is 4. The van der Waals surface area contributed by atoms with Crippen LogP contribution in [-0.4, -0.2) is 47.7 Å². The van der Waals surface area contributed by atoms with Gasteiger partial charge in [-0.05, 0) is 25.0 Å². The minimum Gasteiger partial charge on any atom is -0.375 e. The highest BCUT2D eigenvalue weighted by Gasteiger charge is 2.22. The number of pyridine rings is 1. The molecule has 150 valence electrons. The number of carbonyl (C=O) groups excluding carboxylic acids is 1. The molecule has 1 aliphatic rings. The quantitative estimate of drug-likeness (QED) is 0.708. The maximum atomic E-state index is 12.2. The van der Waals surface area contributed by atoms with Crippen LogP contribution in [0.2, 0.25) is 0 Å². The first-order valence-electron chi connectivity index (χ1n) is 9.93. The molecule has 0 radical (unpaired) electrons. The molecule has 2 aromatic rings. The standard InChI is InChI=1S/C22H29N3O3/c1-18-7-5-10-22(27)25(18)12-6-11-23-21(26)15-20-17-24(13-14-28-20)16-19-8-3-2-4-9-19/h2-5,7-10,20H,6,11-17H2,1H3,(H,23,26)/t20-/m0/s1. The summed E-state index contributed by atoms with van der Waals surface area (Å²) in [5.41, 5.74) is 2.22. The second-order valence-corrected chi connectivity index (χ2v) is 7.28. The topological polar surface area (TPSA) is 63.6 Å². The summed E-state index contributed by atoms with van der Waals surface area (Å²) in [6.07, 6.45) is 1.02. The molecular weight excluding hydrogens is 354 g/mol. The lowest BCUT2D eigenvalue weighted by molar-refractivity contribution is -0.126. The van der Waals surface area contributed by atoms with Crippen molar-refractivity contribution in [1.82, 2.24) is 14.8 Å².